The zero-order valence-corrected chi connectivity index (χ0v) is 20.3. The molecular weight excluding hydrogens is 444 g/mol. The van der Waals surface area contributed by atoms with Gasteiger partial charge in [0, 0.05) is 5.56 Å². The molecular formula is C27H24N4O2S. The minimum atomic E-state index is -0.150. The molecule has 0 atom stereocenters. The van der Waals surface area contributed by atoms with Gasteiger partial charge in [0.2, 0.25) is 5.78 Å². The summed E-state index contributed by atoms with van der Waals surface area (Å²) in [6.07, 6.45) is 0. The average molecular weight is 469 g/mol. The molecule has 0 bridgehead atoms. The fraction of sp³-hybridized carbons (Fsp3) is 0.185. The predicted octanol–water partition coefficient (Wildman–Crippen LogP) is 5.24. The standard InChI is InChI=1S/C27H24N4O2S/c1-16-9-5-7-11-22(16)30-25(33)20-10-6-8-12-23(20)31-26(30)28-29-27(31)34-15-24(32)21-14-18(3)17(2)13-19(21)4/h5-14H,15H2,1-4H3. The maximum Gasteiger partial charge on any atom is 0.267 e. The molecule has 0 aliphatic carbocycles. The van der Waals surface area contributed by atoms with Crippen LogP contribution in [0.5, 0.6) is 0 Å². The number of aromatic nitrogens is 4. The first-order valence-corrected chi connectivity index (χ1v) is 12.0. The van der Waals surface area contributed by atoms with Gasteiger partial charge >= 0.3 is 0 Å². The van der Waals surface area contributed by atoms with Gasteiger partial charge in [0.15, 0.2) is 10.9 Å². The smallest absolute Gasteiger partial charge is 0.267 e. The Morgan fingerprint density at radius 1 is 0.853 bits per heavy atom. The van der Waals surface area contributed by atoms with Crippen molar-refractivity contribution in [2.45, 2.75) is 32.9 Å². The van der Waals surface area contributed by atoms with Gasteiger partial charge in [-0.1, -0.05) is 48.2 Å². The van der Waals surface area contributed by atoms with Gasteiger partial charge in [-0.15, -0.1) is 10.2 Å². The SMILES string of the molecule is Cc1cc(C)c(C(=O)CSc2nnc3n(-c4ccccc4C)c(=O)c4ccccc4n23)cc1C. The van der Waals surface area contributed by atoms with E-state index in [4.69, 9.17) is 0 Å². The van der Waals surface area contributed by atoms with Crippen LogP contribution in [-0.4, -0.2) is 30.7 Å². The van der Waals surface area contributed by atoms with E-state index < -0.39 is 0 Å². The third-order valence-corrected chi connectivity index (χ3v) is 7.15. The van der Waals surface area contributed by atoms with Gasteiger partial charge in [-0.05, 0) is 74.2 Å². The molecule has 3 aromatic carbocycles. The Balaban J connectivity index is 1.63. The fourth-order valence-electron chi connectivity index (χ4n) is 4.27. The molecule has 0 saturated heterocycles. The van der Waals surface area contributed by atoms with Crippen molar-refractivity contribution in [3.8, 4) is 5.69 Å². The van der Waals surface area contributed by atoms with E-state index in [9.17, 15) is 9.59 Å². The number of carbonyl (C=O) groups excluding carboxylic acids is 1. The van der Waals surface area contributed by atoms with Gasteiger partial charge in [0.1, 0.15) is 0 Å². The van der Waals surface area contributed by atoms with Crippen LogP contribution in [0.15, 0.2) is 70.6 Å². The van der Waals surface area contributed by atoms with Crippen LogP contribution in [0.3, 0.4) is 0 Å². The van der Waals surface area contributed by atoms with Gasteiger partial charge in [-0.25, -0.2) is 4.57 Å². The first-order chi connectivity index (χ1) is 16.4. The second kappa shape index (κ2) is 8.57. The van der Waals surface area contributed by atoms with Crippen molar-refractivity contribution in [3.63, 3.8) is 0 Å². The minimum Gasteiger partial charge on any atom is -0.293 e. The molecule has 0 fully saturated rings. The highest BCUT2D eigenvalue weighted by molar-refractivity contribution is 7.99. The van der Waals surface area contributed by atoms with Crippen LogP contribution in [0.2, 0.25) is 0 Å². The molecule has 0 radical (unpaired) electrons. The Hall–Kier alpha value is -3.71. The highest BCUT2D eigenvalue weighted by Crippen LogP contribution is 2.25. The van der Waals surface area contributed by atoms with E-state index in [0.29, 0.717) is 16.3 Å². The summed E-state index contributed by atoms with van der Waals surface area (Å²) in [5.74, 6) is 0.691. The molecule has 34 heavy (non-hydrogen) atoms. The Kier molecular flexibility index (Phi) is 5.57. The lowest BCUT2D eigenvalue weighted by Crippen LogP contribution is -2.22. The normalized spacial score (nSPS) is 11.4. The molecule has 6 nitrogen and oxygen atoms in total. The van der Waals surface area contributed by atoms with Gasteiger partial charge in [-0.2, -0.15) is 0 Å². The van der Waals surface area contributed by atoms with Crippen molar-refractivity contribution in [2.75, 3.05) is 5.75 Å². The molecule has 5 aromatic rings. The lowest BCUT2D eigenvalue weighted by atomic mass is 9.99. The largest absolute Gasteiger partial charge is 0.293 e. The summed E-state index contributed by atoms with van der Waals surface area (Å²) < 4.78 is 3.47. The minimum absolute atomic E-state index is 0.0406. The lowest BCUT2D eigenvalue weighted by Gasteiger charge is -2.13. The number of fused-ring (bicyclic) bond motifs is 3. The molecule has 0 amide bonds. The maximum atomic E-state index is 13.5. The second-order valence-electron chi connectivity index (χ2n) is 8.53. The van der Waals surface area contributed by atoms with Gasteiger partial charge in [0.25, 0.3) is 5.56 Å². The van der Waals surface area contributed by atoms with Gasteiger partial charge < -0.3 is 0 Å². The van der Waals surface area contributed by atoms with Crippen LogP contribution < -0.4 is 5.56 Å². The number of thioether (sulfide) groups is 1. The molecule has 2 aromatic heterocycles. The van der Waals surface area contributed by atoms with Crippen molar-refractivity contribution in [2.24, 2.45) is 0 Å². The number of Topliss-reactive ketones (excluding diaryl/α,β-unsaturated/α-hetero) is 1. The monoisotopic (exact) mass is 468 g/mol. The third kappa shape index (κ3) is 3.62. The molecule has 2 heterocycles. The fourth-order valence-corrected chi connectivity index (χ4v) is 5.10. The summed E-state index contributed by atoms with van der Waals surface area (Å²) in [6.45, 7) is 7.99. The summed E-state index contributed by atoms with van der Waals surface area (Å²) >= 11 is 1.33. The van der Waals surface area contributed by atoms with Crippen molar-refractivity contribution in [1.82, 2.24) is 19.2 Å². The molecule has 0 aliphatic heterocycles. The summed E-state index contributed by atoms with van der Waals surface area (Å²) in [6, 6.07) is 19.1. The number of rotatable bonds is 5. The molecule has 0 saturated carbocycles. The van der Waals surface area contributed by atoms with E-state index in [-0.39, 0.29) is 17.1 Å². The van der Waals surface area contributed by atoms with E-state index in [1.165, 1.54) is 17.3 Å². The highest BCUT2D eigenvalue weighted by Gasteiger charge is 2.20. The number of hydrogen-bond donors (Lipinski definition) is 0. The topological polar surface area (TPSA) is 69.3 Å². The van der Waals surface area contributed by atoms with Crippen molar-refractivity contribution < 1.29 is 4.79 Å². The summed E-state index contributed by atoms with van der Waals surface area (Å²) in [4.78, 5) is 26.6. The van der Waals surface area contributed by atoms with E-state index in [0.717, 1.165) is 33.5 Å². The first-order valence-electron chi connectivity index (χ1n) is 11.1. The molecule has 170 valence electrons. The van der Waals surface area contributed by atoms with Crippen LogP contribution >= 0.6 is 11.8 Å². The third-order valence-electron chi connectivity index (χ3n) is 6.22. The molecule has 0 aliphatic rings. The number of benzene rings is 3. The number of para-hydroxylation sites is 2. The zero-order chi connectivity index (χ0) is 24.0. The zero-order valence-electron chi connectivity index (χ0n) is 19.5. The Morgan fingerprint density at radius 2 is 1.56 bits per heavy atom. The van der Waals surface area contributed by atoms with Crippen LogP contribution in [0.4, 0.5) is 0 Å². The Bertz CT molecular complexity index is 1650. The second-order valence-corrected chi connectivity index (χ2v) is 9.47. The van der Waals surface area contributed by atoms with Crippen molar-refractivity contribution in [3.05, 3.63) is 98.8 Å². The highest BCUT2D eigenvalue weighted by atomic mass is 32.2. The average Bonchev–Trinajstić information content (AvgIpc) is 3.25. The van der Waals surface area contributed by atoms with E-state index >= 15 is 0 Å². The summed E-state index contributed by atoms with van der Waals surface area (Å²) in [5.41, 5.74) is 6.25. The van der Waals surface area contributed by atoms with E-state index in [1.807, 2.05) is 92.8 Å². The van der Waals surface area contributed by atoms with E-state index in [1.54, 1.807) is 4.57 Å². The van der Waals surface area contributed by atoms with Crippen LogP contribution in [-0.2, 0) is 0 Å². The lowest BCUT2D eigenvalue weighted by molar-refractivity contribution is 0.102. The molecule has 0 unspecified atom stereocenters. The molecule has 5 rings (SSSR count). The van der Waals surface area contributed by atoms with Gasteiger partial charge in [-0.3, -0.25) is 14.0 Å². The van der Waals surface area contributed by atoms with Crippen LogP contribution in [0, 0.1) is 27.7 Å². The molecule has 0 N–H and O–H groups in total. The maximum absolute atomic E-state index is 13.5. The Morgan fingerprint density at radius 3 is 2.35 bits per heavy atom. The number of nitrogens with zero attached hydrogens (tertiary/aromatic N) is 4. The van der Waals surface area contributed by atoms with E-state index in [2.05, 4.69) is 10.2 Å². The quantitative estimate of drug-likeness (QED) is 0.261. The number of aryl methyl sites for hydroxylation is 4. The molecule has 0 spiro atoms. The first kappa shape index (κ1) is 22.1. The Labute approximate surface area is 201 Å². The van der Waals surface area contributed by atoms with Crippen LogP contribution in [0.25, 0.3) is 22.4 Å². The number of ketones is 1. The number of carbonyl (C=O) groups is 1. The summed E-state index contributed by atoms with van der Waals surface area (Å²) in [5, 5.41) is 9.91. The number of hydrogen-bond acceptors (Lipinski definition) is 5. The van der Waals surface area contributed by atoms with Gasteiger partial charge in [0.05, 0.1) is 22.3 Å². The van der Waals surface area contributed by atoms with Crippen molar-refractivity contribution in [1.29, 1.82) is 0 Å². The van der Waals surface area contributed by atoms with Crippen molar-refractivity contribution >= 4 is 34.2 Å². The summed E-state index contributed by atoms with van der Waals surface area (Å²) in [7, 11) is 0. The molecule has 7 heteroatoms. The van der Waals surface area contributed by atoms with Crippen LogP contribution in [0.1, 0.15) is 32.6 Å². The predicted molar refractivity (Wildman–Crippen MR) is 137 cm³/mol.